The van der Waals surface area contributed by atoms with E-state index >= 15 is 0 Å². The summed E-state index contributed by atoms with van der Waals surface area (Å²) < 4.78 is 84.8. The number of alkyl halides is 6. The summed E-state index contributed by atoms with van der Waals surface area (Å²) in [7, 11) is 3.68. The minimum absolute atomic E-state index is 0.256. The van der Waals surface area contributed by atoms with Gasteiger partial charge in [0.25, 0.3) is 0 Å². The molecule has 0 N–H and O–H groups in total. The van der Waals surface area contributed by atoms with Gasteiger partial charge in [-0.15, -0.1) is 0 Å². The molecule has 0 aromatic heterocycles. The number of rotatable bonds is 5. The van der Waals surface area contributed by atoms with Crippen molar-refractivity contribution in [2.45, 2.75) is 50.0 Å². The van der Waals surface area contributed by atoms with Gasteiger partial charge in [0.1, 0.15) is 0 Å². The fraction of sp³-hybridized carbons (Fsp3) is 0.455. The van der Waals surface area contributed by atoms with Gasteiger partial charge in [-0.3, -0.25) is 0 Å². The van der Waals surface area contributed by atoms with Gasteiger partial charge in [-0.2, -0.15) is 0 Å². The Morgan fingerprint density at radius 2 is 1.27 bits per heavy atom. The molecule has 11 heteroatoms. The summed E-state index contributed by atoms with van der Waals surface area (Å²) in [4.78, 5) is 0. The van der Waals surface area contributed by atoms with Crippen LogP contribution < -0.4 is 0 Å². The van der Waals surface area contributed by atoms with E-state index in [9.17, 15) is 26.3 Å². The van der Waals surface area contributed by atoms with Crippen LogP contribution in [0.25, 0.3) is 0 Å². The molecule has 33 heavy (non-hydrogen) atoms. The number of likely N-dealkylation sites (N-methyl/N-ethyl adjacent to an activating group) is 2. The van der Waals surface area contributed by atoms with Crippen LogP contribution in [0.15, 0.2) is 48.5 Å². The first-order chi connectivity index (χ1) is 15.2. The summed E-state index contributed by atoms with van der Waals surface area (Å²) in [5, 5.41) is -1.98. The molecular weight excluding hydrogens is 548 g/mol. The van der Waals surface area contributed by atoms with E-state index in [4.69, 9.17) is 0 Å². The molecule has 2 aromatic carbocycles. The number of hydrogen-bond acceptors (Lipinski definition) is 3. The Morgan fingerprint density at radius 3 is 1.61 bits per heavy atom. The second-order valence-electron chi connectivity index (χ2n) is 8.10. The van der Waals surface area contributed by atoms with Gasteiger partial charge in [0, 0.05) is 0 Å². The van der Waals surface area contributed by atoms with Gasteiger partial charge in [0.2, 0.25) is 0 Å². The molecule has 2 aromatic rings. The molecule has 1 aliphatic rings. The van der Waals surface area contributed by atoms with Crippen LogP contribution in [0.2, 0.25) is 0 Å². The van der Waals surface area contributed by atoms with Gasteiger partial charge < -0.3 is 0 Å². The van der Waals surface area contributed by atoms with Crippen molar-refractivity contribution >= 4 is 31.5 Å². The molecule has 3 rings (SSSR count). The van der Waals surface area contributed by atoms with Crippen molar-refractivity contribution in [2.75, 3.05) is 14.1 Å². The van der Waals surface area contributed by atoms with E-state index in [0.29, 0.717) is 11.1 Å². The van der Waals surface area contributed by atoms with Crippen LogP contribution in [-0.4, -0.2) is 43.8 Å². The molecule has 3 atom stereocenters. The molecule has 182 valence electrons. The summed E-state index contributed by atoms with van der Waals surface area (Å²) >= 11 is 4.99. The first kappa shape index (κ1) is 26.8. The van der Waals surface area contributed by atoms with Gasteiger partial charge >= 0.3 is 202 Å². The zero-order valence-corrected chi connectivity index (χ0v) is 21.9. The molecule has 1 heterocycles. The van der Waals surface area contributed by atoms with E-state index in [1.54, 1.807) is 23.5 Å². The maximum atomic E-state index is 13.5. The number of benzene rings is 2. The van der Waals surface area contributed by atoms with E-state index in [0.717, 1.165) is 30.7 Å². The Balaban J connectivity index is 2.19. The number of halogens is 6. The summed E-state index contributed by atoms with van der Waals surface area (Å²) in [6.07, 6.45) is -8.14. The van der Waals surface area contributed by atoms with Crippen molar-refractivity contribution in [1.82, 2.24) is 9.34 Å². The van der Waals surface area contributed by atoms with E-state index in [2.05, 4.69) is 28.9 Å². The van der Waals surface area contributed by atoms with Crippen molar-refractivity contribution in [3.63, 3.8) is 0 Å². The van der Waals surface area contributed by atoms with Gasteiger partial charge in [0.15, 0.2) is 0 Å². The predicted octanol–water partition coefficient (Wildman–Crippen LogP) is 7.76. The molecule has 0 saturated carbocycles. The van der Waals surface area contributed by atoms with Crippen LogP contribution in [0.4, 0.5) is 26.3 Å². The third-order valence-corrected chi connectivity index (χ3v) is 17.3. The van der Waals surface area contributed by atoms with E-state index in [1.165, 1.54) is 12.1 Å². The molecule has 0 bridgehead atoms. The Kier molecular flexibility index (Phi) is 7.90. The van der Waals surface area contributed by atoms with Gasteiger partial charge in [-0.25, -0.2) is 0 Å². The first-order valence-corrected chi connectivity index (χ1v) is 15.7. The quantitative estimate of drug-likeness (QED) is 0.205. The molecule has 1 fully saturated rings. The fourth-order valence-electron chi connectivity index (χ4n) is 4.00. The van der Waals surface area contributed by atoms with Gasteiger partial charge in [0.05, 0.1) is 0 Å². The second kappa shape index (κ2) is 9.71. The zero-order valence-electron chi connectivity index (χ0n) is 18.5. The van der Waals surface area contributed by atoms with E-state index < -0.39 is 40.6 Å². The van der Waals surface area contributed by atoms with Crippen LogP contribution in [0.1, 0.15) is 54.6 Å². The molecular formula is C22H25F6N2PSSe. The Morgan fingerprint density at radius 1 is 0.879 bits per heavy atom. The van der Waals surface area contributed by atoms with Gasteiger partial charge in [-0.1, -0.05) is 0 Å². The third-order valence-electron chi connectivity index (χ3n) is 5.90. The summed E-state index contributed by atoms with van der Waals surface area (Å²) in [6, 6.07) is 9.06. The van der Waals surface area contributed by atoms with Crippen LogP contribution in [-0.2, 0) is 12.4 Å². The van der Waals surface area contributed by atoms with E-state index in [1.807, 2.05) is 23.4 Å². The minimum atomic E-state index is -4.51. The second-order valence-corrected chi connectivity index (χ2v) is 18.3. The molecule has 0 aliphatic carbocycles. The van der Waals surface area contributed by atoms with Crippen molar-refractivity contribution in [3.8, 4) is 0 Å². The molecule has 2 nitrogen and oxygen atoms in total. The zero-order chi connectivity index (χ0) is 24.8. The topological polar surface area (TPSA) is 6.48 Å². The molecule has 0 amide bonds. The SMILES string of the molecule is CCC(C)SP1(=[Se])N(C)[C@H](c2cccc(C(F)(F)F)c2)[C@@H](c2cccc(C(F)(F)F)c2)N1C. The standard InChI is InChI=1S/C22H25F6N2PSSe/c1-5-14(2)32-31(33)29(3)19(15-8-6-10-17(12-15)21(23,24)25)20(30(31)4)16-9-7-11-18(13-16)22(26,27)28/h6-14,19-20H,5H2,1-4H3/t14?,19-,20-/m1/s1. The normalized spacial score (nSPS) is 23.1. The van der Waals surface area contributed by atoms with Crippen LogP contribution in [0, 0.1) is 0 Å². The van der Waals surface area contributed by atoms with Crippen LogP contribution >= 0.6 is 16.4 Å². The maximum absolute atomic E-state index is 13.5. The average molecular weight is 573 g/mol. The fourth-order valence-corrected chi connectivity index (χ4v) is 13.9. The summed E-state index contributed by atoms with van der Waals surface area (Å²) in [6.45, 7) is 4.12. The van der Waals surface area contributed by atoms with Crippen molar-refractivity contribution in [1.29, 1.82) is 0 Å². The molecule has 1 saturated heterocycles. The summed E-state index contributed by atoms with van der Waals surface area (Å²) in [5.74, 6) is 0. The summed E-state index contributed by atoms with van der Waals surface area (Å²) in [5.41, 5.74) is -0.708. The van der Waals surface area contributed by atoms with Crippen molar-refractivity contribution < 1.29 is 26.3 Å². The predicted molar refractivity (Wildman–Crippen MR) is 124 cm³/mol. The van der Waals surface area contributed by atoms with Crippen molar-refractivity contribution in [2.24, 2.45) is 0 Å². The number of hydrogen-bond donors (Lipinski definition) is 0. The monoisotopic (exact) mass is 574 g/mol. The van der Waals surface area contributed by atoms with Crippen LogP contribution in [0.5, 0.6) is 0 Å². The Hall–Kier alpha value is -0.761. The first-order valence-electron chi connectivity index (χ1n) is 10.3. The van der Waals surface area contributed by atoms with Gasteiger partial charge in [-0.05, 0) is 0 Å². The Bertz CT molecular complexity index is 971. The van der Waals surface area contributed by atoms with Crippen molar-refractivity contribution in [3.05, 3.63) is 70.8 Å². The molecule has 1 aliphatic heterocycles. The average Bonchev–Trinajstić information content (AvgIpc) is 2.93. The molecule has 0 spiro atoms. The third kappa shape index (κ3) is 5.41. The molecule has 1 unspecified atom stereocenters. The van der Waals surface area contributed by atoms with Crippen LogP contribution in [0.3, 0.4) is 0 Å². The van der Waals surface area contributed by atoms with E-state index in [-0.39, 0.29) is 5.25 Å². The number of nitrogens with zero attached hydrogens (tertiary/aromatic N) is 2. The molecule has 0 radical (unpaired) electrons. The Labute approximate surface area is 201 Å².